The van der Waals surface area contributed by atoms with Crippen molar-refractivity contribution in [2.45, 2.75) is 131 Å². The summed E-state index contributed by atoms with van der Waals surface area (Å²) in [6, 6.07) is 49.2. The molecule has 0 spiro atoms. The molecule has 0 amide bonds. The molecule has 2 aliphatic heterocycles. The van der Waals surface area contributed by atoms with Crippen molar-refractivity contribution in [3.63, 3.8) is 0 Å². The average molecular weight is 904 g/mol. The van der Waals surface area contributed by atoms with Gasteiger partial charge in [0.15, 0.2) is 0 Å². The van der Waals surface area contributed by atoms with E-state index in [4.69, 9.17) is 4.42 Å². The SMILES string of the molecule is CC(C)(C)c1ccc(N2c3cc(C(C)(C)C)cc4c3B(c3oc5c(C(C)(C)C)cc(C(C)(C)C)cc5c32)n2c3ccc5c(c6cc(C(C)(C)C)ccc6n5-c5ccccc5)c3c3cccc-4c32)cc1. The number of hydrogen-bond acceptors (Lipinski definition) is 2. The number of fused-ring (bicyclic) bond motifs is 13. The van der Waals surface area contributed by atoms with Gasteiger partial charge in [0, 0.05) is 66.2 Å². The second kappa shape index (κ2) is 14.1. The van der Waals surface area contributed by atoms with Gasteiger partial charge in [-0.25, -0.2) is 0 Å². The topological polar surface area (TPSA) is 26.2 Å². The van der Waals surface area contributed by atoms with E-state index < -0.39 is 0 Å². The van der Waals surface area contributed by atoms with Crippen molar-refractivity contribution >= 4 is 89.6 Å². The van der Waals surface area contributed by atoms with E-state index in [0.29, 0.717) is 0 Å². The fourth-order valence-corrected chi connectivity index (χ4v) is 11.8. The third-order valence-corrected chi connectivity index (χ3v) is 15.6. The molecule has 10 aromatic rings. The Morgan fingerprint density at radius 2 is 1.03 bits per heavy atom. The normalized spacial score (nSPS) is 14.2. The van der Waals surface area contributed by atoms with E-state index in [9.17, 15) is 0 Å². The van der Waals surface area contributed by atoms with Crippen LogP contribution in [-0.2, 0) is 27.1 Å². The number of anilines is 3. The van der Waals surface area contributed by atoms with Crippen LogP contribution in [0.25, 0.3) is 71.4 Å². The third-order valence-electron chi connectivity index (χ3n) is 15.6. The second-order valence-corrected chi connectivity index (χ2v) is 25.5. The Morgan fingerprint density at radius 1 is 0.435 bits per heavy atom. The molecule has 2 aliphatic rings. The second-order valence-electron chi connectivity index (χ2n) is 25.5. The van der Waals surface area contributed by atoms with Crippen LogP contribution in [0.2, 0.25) is 0 Å². The minimum absolute atomic E-state index is 0.0191. The summed E-state index contributed by atoms with van der Waals surface area (Å²) in [7, 11) is 0. The van der Waals surface area contributed by atoms with Crippen LogP contribution in [0.4, 0.5) is 17.1 Å². The van der Waals surface area contributed by atoms with Crippen LogP contribution in [0.15, 0.2) is 132 Å². The van der Waals surface area contributed by atoms with Gasteiger partial charge >= 0.3 is 6.85 Å². The van der Waals surface area contributed by atoms with Crippen molar-refractivity contribution in [1.29, 1.82) is 0 Å². The molecule has 12 rings (SSSR count). The van der Waals surface area contributed by atoms with Gasteiger partial charge in [0.25, 0.3) is 0 Å². The Hall–Kier alpha value is -6.46. The van der Waals surface area contributed by atoms with Gasteiger partial charge < -0.3 is 18.4 Å². The van der Waals surface area contributed by atoms with Crippen LogP contribution >= 0.6 is 0 Å². The summed E-state index contributed by atoms with van der Waals surface area (Å²) in [5.41, 5.74) is 21.6. The lowest BCUT2D eigenvalue weighted by Crippen LogP contribution is -2.56. The molecule has 0 saturated heterocycles. The van der Waals surface area contributed by atoms with E-state index in [2.05, 4.69) is 245 Å². The molecular formula is C64H66BN3O. The molecule has 0 fully saturated rings. The Morgan fingerprint density at radius 3 is 1.68 bits per heavy atom. The van der Waals surface area contributed by atoms with Gasteiger partial charge in [0.1, 0.15) is 11.2 Å². The van der Waals surface area contributed by atoms with Crippen LogP contribution in [0.5, 0.6) is 0 Å². The number of benzene rings is 7. The molecule has 7 aromatic carbocycles. The van der Waals surface area contributed by atoms with E-state index in [0.717, 1.165) is 22.6 Å². The van der Waals surface area contributed by atoms with Crippen molar-refractivity contribution < 1.29 is 4.42 Å². The Kier molecular flexibility index (Phi) is 8.94. The molecule has 0 atom stereocenters. The van der Waals surface area contributed by atoms with Crippen molar-refractivity contribution in [2.24, 2.45) is 0 Å². The quantitative estimate of drug-likeness (QED) is 0.162. The fraction of sp³-hybridized carbons (Fsp3) is 0.312. The number of aromatic nitrogens is 2. The summed E-state index contributed by atoms with van der Waals surface area (Å²) in [5.74, 6) is 0. The molecule has 69 heavy (non-hydrogen) atoms. The molecule has 3 aromatic heterocycles. The highest BCUT2D eigenvalue weighted by Crippen LogP contribution is 2.52. The van der Waals surface area contributed by atoms with E-state index in [1.165, 1.54) is 105 Å². The van der Waals surface area contributed by atoms with Crippen LogP contribution in [-0.4, -0.2) is 15.9 Å². The molecule has 346 valence electrons. The molecular weight excluding hydrogens is 838 g/mol. The monoisotopic (exact) mass is 904 g/mol. The first-order valence-corrected chi connectivity index (χ1v) is 25.2. The zero-order valence-electron chi connectivity index (χ0n) is 43.5. The molecule has 0 saturated carbocycles. The van der Waals surface area contributed by atoms with Gasteiger partial charge in [-0.3, -0.25) is 0 Å². The predicted molar refractivity (Wildman–Crippen MR) is 298 cm³/mol. The summed E-state index contributed by atoms with van der Waals surface area (Å²) < 4.78 is 12.9. The minimum Gasteiger partial charge on any atom is -0.466 e. The van der Waals surface area contributed by atoms with Crippen LogP contribution in [0, 0.1) is 0 Å². The maximum atomic E-state index is 7.76. The third kappa shape index (κ3) is 6.34. The number of rotatable bonds is 2. The predicted octanol–water partition coefficient (Wildman–Crippen LogP) is 16.5. The molecule has 0 N–H and O–H groups in total. The van der Waals surface area contributed by atoms with Gasteiger partial charge in [-0.05, 0) is 121 Å². The number of nitrogens with zero attached hydrogens (tertiary/aromatic N) is 3. The first-order valence-electron chi connectivity index (χ1n) is 25.2. The molecule has 0 aliphatic carbocycles. The zero-order valence-corrected chi connectivity index (χ0v) is 43.5. The zero-order chi connectivity index (χ0) is 48.6. The standard InChI is InChI=1S/C64H66BN3O/c1-60(2,3)37-24-27-42(28-25-37)67-52-36-40(63(10,11)12)33-45-43-22-19-23-44-53-51(31-30-50-54(53)46-32-38(61(4,5)6)26-29-49(46)66(50)41-20-17-16-18-21-41)68(56(43)44)65(55(45)52)59-57(67)47-34-39(62(7,8)9)35-48(58(47)69-59)64(13,14)15/h16-36H,1-15H3. The Labute approximate surface area is 409 Å². The highest BCUT2D eigenvalue weighted by atomic mass is 16.3. The smallest absolute Gasteiger partial charge is 0.375 e. The van der Waals surface area contributed by atoms with Crippen molar-refractivity contribution in [3.05, 3.63) is 155 Å². The van der Waals surface area contributed by atoms with Gasteiger partial charge in [-0.15, -0.1) is 0 Å². The summed E-state index contributed by atoms with van der Waals surface area (Å²) in [4.78, 5) is 2.58. The molecule has 0 radical (unpaired) electrons. The van der Waals surface area contributed by atoms with E-state index in [-0.39, 0.29) is 33.9 Å². The van der Waals surface area contributed by atoms with E-state index >= 15 is 0 Å². The summed E-state index contributed by atoms with van der Waals surface area (Å²) in [6.07, 6.45) is 0. The molecule has 5 heteroatoms. The van der Waals surface area contributed by atoms with Crippen LogP contribution in [0.1, 0.15) is 132 Å². The lowest BCUT2D eigenvalue weighted by Gasteiger charge is -2.39. The summed E-state index contributed by atoms with van der Waals surface area (Å²) in [5, 5.41) is 6.32. The minimum atomic E-state index is -0.234. The summed E-state index contributed by atoms with van der Waals surface area (Å²) in [6.45, 7) is 34.8. The van der Waals surface area contributed by atoms with Gasteiger partial charge in [-0.1, -0.05) is 171 Å². The number of furan rings is 1. The van der Waals surface area contributed by atoms with Crippen molar-refractivity contribution in [1.82, 2.24) is 9.05 Å². The maximum Gasteiger partial charge on any atom is 0.375 e. The van der Waals surface area contributed by atoms with Crippen molar-refractivity contribution in [3.8, 4) is 16.8 Å². The lowest BCUT2D eigenvalue weighted by atomic mass is 9.47. The molecule has 0 bridgehead atoms. The Balaban J connectivity index is 1.28. The summed E-state index contributed by atoms with van der Waals surface area (Å²) >= 11 is 0. The number of hydrogen-bond donors (Lipinski definition) is 0. The van der Waals surface area contributed by atoms with Gasteiger partial charge in [0.2, 0.25) is 0 Å². The molecule has 4 nitrogen and oxygen atoms in total. The fourth-order valence-electron chi connectivity index (χ4n) is 11.8. The number of para-hydroxylation sites is 2. The van der Waals surface area contributed by atoms with Gasteiger partial charge in [0.05, 0.1) is 16.7 Å². The first kappa shape index (κ1) is 43.8. The average Bonchev–Trinajstić information content (AvgIpc) is 3.94. The first-order chi connectivity index (χ1) is 32.4. The van der Waals surface area contributed by atoms with E-state index in [1.54, 1.807) is 0 Å². The molecule has 5 heterocycles. The van der Waals surface area contributed by atoms with Crippen LogP contribution < -0.4 is 16.0 Å². The largest absolute Gasteiger partial charge is 0.466 e. The van der Waals surface area contributed by atoms with Gasteiger partial charge in [-0.2, -0.15) is 0 Å². The van der Waals surface area contributed by atoms with Crippen LogP contribution in [0.3, 0.4) is 0 Å². The lowest BCUT2D eigenvalue weighted by molar-refractivity contribution is 0.557. The Bertz CT molecular complexity index is 3790. The highest BCUT2D eigenvalue weighted by Gasteiger charge is 2.48. The maximum absolute atomic E-state index is 7.76. The van der Waals surface area contributed by atoms with E-state index in [1.807, 2.05) is 0 Å². The highest BCUT2D eigenvalue weighted by molar-refractivity contribution is 6.89. The van der Waals surface area contributed by atoms with Crippen molar-refractivity contribution in [2.75, 3.05) is 4.90 Å². The molecule has 0 unspecified atom stereocenters.